The van der Waals surface area contributed by atoms with E-state index in [0.717, 1.165) is 19.4 Å². The number of rotatable bonds is 3. The van der Waals surface area contributed by atoms with Gasteiger partial charge in [0.2, 0.25) is 11.8 Å². The van der Waals surface area contributed by atoms with Gasteiger partial charge in [-0.1, -0.05) is 42.5 Å². The van der Waals surface area contributed by atoms with Crippen molar-refractivity contribution in [1.82, 2.24) is 9.80 Å². The number of carbonyl (C=O) groups is 2. The standard InChI is InChI=1S/C19H20N2O2S/c22-18(11-20-13-24-12-19(20)23)21-10-4-9-17(21)16-8-3-6-14-5-1-2-7-15(14)16/h1-3,5-8,17H,4,9-13H2/t17-/m1/s1. The van der Waals surface area contributed by atoms with Crippen molar-refractivity contribution in [3.05, 3.63) is 48.0 Å². The van der Waals surface area contributed by atoms with Crippen molar-refractivity contribution in [2.24, 2.45) is 0 Å². The van der Waals surface area contributed by atoms with Gasteiger partial charge in [0, 0.05) is 6.54 Å². The monoisotopic (exact) mass is 340 g/mol. The topological polar surface area (TPSA) is 40.6 Å². The summed E-state index contributed by atoms with van der Waals surface area (Å²) in [6, 6.07) is 14.8. The number of hydrogen-bond acceptors (Lipinski definition) is 3. The maximum absolute atomic E-state index is 12.8. The lowest BCUT2D eigenvalue weighted by molar-refractivity contribution is -0.138. The summed E-state index contributed by atoms with van der Waals surface area (Å²) < 4.78 is 0. The van der Waals surface area contributed by atoms with E-state index in [1.807, 2.05) is 17.0 Å². The molecule has 0 aliphatic carbocycles. The molecule has 2 amide bonds. The van der Waals surface area contributed by atoms with Crippen LogP contribution in [-0.2, 0) is 9.59 Å². The first-order valence-electron chi connectivity index (χ1n) is 8.37. The molecule has 2 aromatic rings. The maximum Gasteiger partial charge on any atom is 0.242 e. The van der Waals surface area contributed by atoms with E-state index in [4.69, 9.17) is 0 Å². The molecule has 0 radical (unpaired) electrons. The van der Waals surface area contributed by atoms with Crippen LogP contribution in [-0.4, -0.2) is 46.3 Å². The predicted molar refractivity (Wildman–Crippen MR) is 96.7 cm³/mol. The lowest BCUT2D eigenvalue weighted by Gasteiger charge is -2.28. The van der Waals surface area contributed by atoms with E-state index in [-0.39, 0.29) is 24.4 Å². The molecule has 4 nitrogen and oxygen atoms in total. The SMILES string of the molecule is O=C1CSCN1CC(=O)N1CCC[C@@H]1c1cccc2ccccc12. The fourth-order valence-electron chi connectivity index (χ4n) is 3.72. The average molecular weight is 340 g/mol. The van der Waals surface area contributed by atoms with Gasteiger partial charge in [0.1, 0.15) is 6.54 Å². The van der Waals surface area contributed by atoms with Crippen molar-refractivity contribution in [2.75, 3.05) is 24.7 Å². The zero-order chi connectivity index (χ0) is 16.5. The lowest BCUT2D eigenvalue weighted by atomic mass is 9.97. The van der Waals surface area contributed by atoms with Crippen molar-refractivity contribution in [1.29, 1.82) is 0 Å². The largest absolute Gasteiger partial charge is 0.334 e. The number of likely N-dealkylation sites (tertiary alicyclic amines) is 1. The minimum Gasteiger partial charge on any atom is -0.334 e. The highest BCUT2D eigenvalue weighted by atomic mass is 32.2. The van der Waals surface area contributed by atoms with Gasteiger partial charge >= 0.3 is 0 Å². The first kappa shape index (κ1) is 15.5. The summed E-state index contributed by atoms with van der Waals surface area (Å²) in [4.78, 5) is 28.2. The second kappa shape index (κ2) is 6.48. The summed E-state index contributed by atoms with van der Waals surface area (Å²) in [6.07, 6.45) is 2.00. The van der Waals surface area contributed by atoms with E-state index >= 15 is 0 Å². The third-order valence-electron chi connectivity index (χ3n) is 4.91. The van der Waals surface area contributed by atoms with E-state index < -0.39 is 0 Å². The fourth-order valence-corrected chi connectivity index (χ4v) is 4.63. The lowest BCUT2D eigenvalue weighted by Crippen LogP contribution is -2.40. The summed E-state index contributed by atoms with van der Waals surface area (Å²) in [7, 11) is 0. The molecule has 24 heavy (non-hydrogen) atoms. The molecule has 2 aliphatic heterocycles. The van der Waals surface area contributed by atoms with Crippen LogP contribution in [0.3, 0.4) is 0 Å². The molecule has 0 spiro atoms. The van der Waals surface area contributed by atoms with Crippen molar-refractivity contribution in [2.45, 2.75) is 18.9 Å². The molecule has 2 aromatic carbocycles. The van der Waals surface area contributed by atoms with Gasteiger partial charge in [0.25, 0.3) is 0 Å². The van der Waals surface area contributed by atoms with Crippen LogP contribution in [0.5, 0.6) is 0 Å². The molecule has 2 heterocycles. The third-order valence-corrected chi connectivity index (χ3v) is 5.85. The van der Waals surface area contributed by atoms with Crippen LogP contribution in [0.2, 0.25) is 0 Å². The van der Waals surface area contributed by atoms with E-state index in [2.05, 4.69) is 30.3 Å². The van der Waals surface area contributed by atoms with Crippen LogP contribution < -0.4 is 0 Å². The van der Waals surface area contributed by atoms with Gasteiger partial charge in [-0.3, -0.25) is 9.59 Å². The first-order valence-corrected chi connectivity index (χ1v) is 9.52. The molecule has 124 valence electrons. The Labute approximate surface area is 145 Å². The molecule has 0 aromatic heterocycles. The van der Waals surface area contributed by atoms with Crippen molar-refractivity contribution in [3.8, 4) is 0 Å². The van der Waals surface area contributed by atoms with Gasteiger partial charge in [0.05, 0.1) is 17.7 Å². The summed E-state index contributed by atoms with van der Waals surface area (Å²) in [5.74, 6) is 1.28. The van der Waals surface area contributed by atoms with Crippen LogP contribution in [0.4, 0.5) is 0 Å². The Balaban J connectivity index is 1.60. The van der Waals surface area contributed by atoms with Crippen LogP contribution in [0.1, 0.15) is 24.4 Å². The molecule has 0 saturated carbocycles. The van der Waals surface area contributed by atoms with Crippen molar-refractivity contribution < 1.29 is 9.59 Å². The molecule has 4 rings (SSSR count). The Morgan fingerprint density at radius 2 is 2.00 bits per heavy atom. The molecule has 2 saturated heterocycles. The Bertz CT molecular complexity index is 787. The third kappa shape index (κ3) is 2.77. The highest BCUT2D eigenvalue weighted by Crippen LogP contribution is 2.36. The number of nitrogens with zero attached hydrogens (tertiary/aromatic N) is 2. The fraction of sp³-hybridized carbons (Fsp3) is 0.368. The van der Waals surface area contributed by atoms with E-state index in [1.165, 1.54) is 16.3 Å². The molecular formula is C19H20N2O2S. The number of amides is 2. The van der Waals surface area contributed by atoms with Crippen LogP contribution in [0.25, 0.3) is 10.8 Å². The van der Waals surface area contributed by atoms with Gasteiger partial charge in [-0.2, -0.15) is 0 Å². The Morgan fingerprint density at radius 3 is 2.83 bits per heavy atom. The zero-order valence-electron chi connectivity index (χ0n) is 13.5. The second-order valence-corrected chi connectivity index (χ2v) is 7.34. The van der Waals surface area contributed by atoms with Gasteiger partial charge in [-0.25, -0.2) is 0 Å². The van der Waals surface area contributed by atoms with Gasteiger partial charge in [-0.15, -0.1) is 11.8 Å². The highest BCUT2D eigenvalue weighted by molar-refractivity contribution is 8.00. The van der Waals surface area contributed by atoms with E-state index in [9.17, 15) is 9.59 Å². The number of benzene rings is 2. The van der Waals surface area contributed by atoms with Crippen molar-refractivity contribution in [3.63, 3.8) is 0 Å². The molecular weight excluding hydrogens is 320 g/mol. The predicted octanol–water partition coefficient (Wildman–Crippen LogP) is 3.04. The molecule has 2 aliphatic rings. The summed E-state index contributed by atoms with van der Waals surface area (Å²) in [5, 5.41) is 2.43. The van der Waals surface area contributed by atoms with Crippen LogP contribution >= 0.6 is 11.8 Å². The number of hydrogen-bond donors (Lipinski definition) is 0. The average Bonchev–Trinajstić information content (AvgIpc) is 3.24. The number of thioether (sulfide) groups is 1. The molecule has 5 heteroatoms. The van der Waals surface area contributed by atoms with Gasteiger partial charge < -0.3 is 9.80 Å². The number of carbonyl (C=O) groups excluding carboxylic acids is 2. The second-order valence-electron chi connectivity index (χ2n) is 6.38. The Morgan fingerprint density at radius 1 is 1.17 bits per heavy atom. The smallest absolute Gasteiger partial charge is 0.242 e. The molecule has 0 bridgehead atoms. The molecule has 2 fully saturated rings. The maximum atomic E-state index is 12.8. The van der Waals surface area contributed by atoms with Gasteiger partial charge in [-0.05, 0) is 29.2 Å². The quantitative estimate of drug-likeness (QED) is 0.862. The van der Waals surface area contributed by atoms with Gasteiger partial charge in [0.15, 0.2) is 0 Å². The summed E-state index contributed by atoms with van der Waals surface area (Å²) in [6.45, 7) is 0.995. The molecule has 0 N–H and O–H groups in total. The number of fused-ring (bicyclic) bond motifs is 1. The van der Waals surface area contributed by atoms with Crippen LogP contribution in [0, 0.1) is 0 Å². The van der Waals surface area contributed by atoms with Crippen LogP contribution in [0.15, 0.2) is 42.5 Å². The highest BCUT2D eigenvalue weighted by Gasteiger charge is 2.33. The minimum atomic E-state index is 0.0706. The Kier molecular flexibility index (Phi) is 4.19. The van der Waals surface area contributed by atoms with E-state index in [0.29, 0.717) is 11.6 Å². The summed E-state index contributed by atoms with van der Waals surface area (Å²) in [5.41, 5.74) is 1.22. The van der Waals surface area contributed by atoms with E-state index in [1.54, 1.807) is 16.7 Å². The zero-order valence-corrected chi connectivity index (χ0v) is 14.3. The van der Waals surface area contributed by atoms with Crippen molar-refractivity contribution >= 4 is 34.3 Å². The Hall–Kier alpha value is -2.01. The minimum absolute atomic E-state index is 0.0706. The molecule has 1 atom stereocenters. The molecule has 0 unspecified atom stereocenters. The first-order chi connectivity index (χ1) is 11.7. The normalized spacial score (nSPS) is 21.0. The summed E-state index contributed by atoms with van der Waals surface area (Å²) >= 11 is 1.58.